The van der Waals surface area contributed by atoms with E-state index in [1.807, 2.05) is 6.92 Å². The van der Waals surface area contributed by atoms with Crippen LogP contribution in [0.15, 0.2) is 30.3 Å². The van der Waals surface area contributed by atoms with Crippen molar-refractivity contribution in [3.63, 3.8) is 0 Å². The van der Waals surface area contributed by atoms with Gasteiger partial charge >= 0.3 is 0 Å². The van der Waals surface area contributed by atoms with E-state index in [9.17, 15) is 17.6 Å². The van der Waals surface area contributed by atoms with Gasteiger partial charge in [-0.25, -0.2) is 13.2 Å². The van der Waals surface area contributed by atoms with Gasteiger partial charge in [0, 0.05) is 16.7 Å². The van der Waals surface area contributed by atoms with Crippen LogP contribution in [-0.2, 0) is 9.47 Å². The van der Waals surface area contributed by atoms with Crippen molar-refractivity contribution in [2.75, 3.05) is 19.8 Å². The Balaban J connectivity index is 1.81. The summed E-state index contributed by atoms with van der Waals surface area (Å²) in [6.07, 6.45) is 0.0583. The van der Waals surface area contributed by atoms with Crippen molar-refractivity contribution in [3.8, 4) is 16.9 Å². The molecule has 1 heterocycles. The van der Waals surface area contributed by atoms with Crippen LogP contribution in [0.4, 0.5) is 17.6 Å². The number of rotatable bonds is 6. The maximum Gasteiger partial charge on any atom is 0.201 e. The summed E-state index contributed by atoms with van der Waals surface area (Å²) < 4.78 is 73.2. The Morgan fingerprint density at radius 3 is 2.29 bits per heavy atom. The second-order valence-electron chi connectivity index (χ2n) is 6.77. The van der Waals surface area contributed by atoms with Crippen molar-refractivity contribution in [1.29, 1.82) is 0 Å². The van der Waals surface area contributed by atoms with Crippen LogP contribution in [0, 0.1) is 17.5 Å². The minimum absolute atomic E-state index is 0.107. The topological polar surface area (TPSA) is 27.7 Å². The molecule has 0 atom stereocenters. The first-order chi connectivity index (χ1) is 13.4. The van der Waals surface area contributed by atoms with Crippen LogP contribution in [0.25, 0.3) is 11.1 Å². The predicted molar refractivity (Wildman–Crippen MR) is 96.3 cm³/mol. The zero-order valence-electron chi connectivity index (χ0n) is 15.7. The summed E-state index contributed by atoms with van der Waals surface area (Å²) in [4.78, 5) is 0. The molecule has 2 aromatic rings. The SMILES string of the molecule is CCCC1(F)COC(c2ccc(-c3ccc(OCC)c(F)c3F)c(F)c2)OC1. The summed E-state index contributed by atoms with van der Waals surface area (Å²) in [5.41, 5.74) is -1.54. The van der Waals surface area contributed by atoms with E-state index in [1.165, 1.54) is 24.3 Å². The summed E-state index contributed by atoms with van der Waals surface area (Å²) in [5, 5.41) is 0. The van der Waals surface area contributed by atoms with E-state index in [-0.39, 0.29) is 36.7 Å². The fourth-order valence-electron chi connectivity index (χ4n) is 3.23. The molecule has 152 valence electrons. The van der Waals surface area contributed by atoms with E-state index < -0.39 is 29.4 Å². The summed E-state index contributed by atoms with van der Waals surface area (Å²) in [7, 11) is 0. The van der Waals surface area contributed by atoms with Gasteiger partial charge in [0.1, 0.15) is 5.82 Å². The molecule has 0 radical (unpaired) electrons. The fraction of sp³-hybridized carbons (Fsp3) is 0.429. The Kier molecular flexibility index (Phi) is 6.25. The standard InChI is InChI=1S/C21H22F4O3/c1-3-9-21(25)11-27-20(28-12-21)13-5-6-14(16(22)10-13)15-7-8-17(26-4-2)19(24)18(15)23/h5-8,10,20H,3-4,9,11-12H2,1-2H3. The Hall–Kier alpha value is -2.12. The third-order valence-electron chi connectivity index (χ3n) is 4.59. The number of benzene rings is 2. The van der Waals surface area contributed by atoms with Gasteiger partial charge < -0.3 is 14.2 Å². The van der Waals surface area contributed by atoms with Crippen molar-refractivity contribution in [2.24, 2.45) is 0 Å². The molecule has 1 saturated heterocycles. The number of alkyl halides is 1. The Labute approximate surface area is 161 Å². The minimum Gasteiger partial charge on any atom is -0.491 e. The van der Waals surface area contributed by atoms with Crippen LogP contribution in [0.1, 0.15) is 38.5 Å². The molecule has 0 amide bonds. The van der Waals surface area contributed by atoms with Gasteiger partial charge in [-0.1, -0.05) is 25.5 Å². The summed E-state index contributed by atoms with van der Waals surface area (Å²) in [6, 6.07) is 6.45. The zero-order chi connectivity index (χ0) is 20.3. The highest BCUT2D eigenvalue weighted by Crippen LogP contribution is 2.35. The van der Waals surface area contributed by atoms with Gasteiger partial charge in [-0.15, -0.1) is 0 Å². The third kappa shape index (κ3) is 4.15. The molecule has 0 saturated carbocycles. The van der Waals surface area contributed by atoms with Crippen molar-refractivity contribution in [3.05, 3.63) is 53.3 Å². The summed E-state index contributed by atoms with van der Waals surface area (Å²) in [5.74, 6) is -3.36. The lowest BCUT2D eigenvalue weighted by atomic mass is 10.00. The van der Waals surface area contributed by atoms with Crippen LogP contribution in [0.5, 0.6) is 5.75 Å². The molecule has 1 aliphatic rings. The second-order valence-corrected chi connectivity index (χ2v) is 6.77. The molecule has 3 rings (SSSR count). The van der Waals surface area contributed by atoms with Crippen LogP contribution in [0.2, 0.25) is 0 Å². The van der Waals surface area contributed by atoms with E-state index in [0.29, 0.717) is 18.4 Å². The molecule has 3 nitrogen and oxygen atoms in total. The van der Waals surface area contributed by atoms with E-state index in [4.69, 9.17) is 14.2 Å². The van der Waals surface area contributed by atoms with Gasteiger partial charge in [-0.05, 0) is 31.5 Å². The molecule has 0 N–H and O–H groups in total. The average Bonchev–Trinajstić information content (AvgIpc) is 2.67. The molecule has 28 heavy (non-hydrogen) atoms. The lowest BCUT2D eigenvalue weighted by molar-refractivity contribution is -0.239. The maximum absolute atomic E-state index is 14.6. The number of hydrogen-bond donors (Lipinski definition) is 0. The molecule has 0 spiro atoms. The molecule has 1 fully saturated rings. The van der Waals surface area contributed by atoms with Crippen molar-refractivity contribution >= 4 is 0 Å². The first-order valence-corrected chi connectivity index (χ1v) is 9.21. The lowest BCUT2D eigenvalue weighted by Crippen LogP contribution is -2.41. The van der Waals surface area contributed by atoms with Gasteiger partial charge in [0.2, 0.25) is 5.82 Å². The highest BCUT2D eigenvalue weighted by atomic mass is 19.2. The second kappa shape index (κ2) is 8.49. The van der Waals surface area contributed by atoms with E-state index in [2.05, 4.69) is 0 Å². The Morgan fingerprint density at radius 2 is 1.68 bits per heavy atom. The first kappa shape index (κ1) is 20.6. The van der Waals surface area contributed by atoms with E-state index >= 15 is 0 Å². The molecule has 7 heteroatoms. The van der Waals surface area contributed by atoms with Crippen LogP contribution in [0.3, 0.4) is 0 Å². The summed E-state index contributed by atoms with van der Waals surface area (Å²) in [6.45, 7) is 3.40. The molecule has 0 bridgehead atoms. The van der Waals surface area contributed by atoms with Crippen LogP contribution >= 0.6 is 0 Å². The Bertz CT molecular complexity index is 833. The molecule has 0 aromatic heterocycles. The third-order valence-corrected chi connectivity index (χ3v) is 4.59. The largest absolute Gasteiger partial charge is 0.491 e. The van der Waals surface area contributed by atoms with Gasteiger partial charge in [-0.3, -0.25) is 0 Å². The smallest absolute Gasteiger partial charge is 0.201 e. The van der Waals surface area contributed by atoms with Crippen LogP contribution < -0.4 is 4.74 Å². The van der Waals surface area contributed by atoms with Crippen molar-refractivity contribution in [2.45, 2.75) is 38.6 Å². The Morgan fingerprint density at radius 1 is 1.00 bits per heavy atom. The number of hydrogen-bond acceptors (Lipinski definition) is 3. The molecule has 0 unspecified atom stereocenters. The highest BCUT2D eigenvalue weighted by Gasteiger charge is 2.37. The fourth-order valence-corrected chi connectivity index (χ4v) is 3.23. The normalized spacial score (nSPS) is 22.3. The minimum atomic E-state index is -1.55. The van der Waals surface area contributed by atoms with E-state index in [1.54, 1.807) is 6.92 Å². The molecule has 0 aliphatic carbocycles. The molecule has 1 aliphatic heterocycles. The average molecular weight is 398 g/mol. The van der Waals surface area contributed by atoms with Crippen molar-refractivity contribution in [1.82, 2.24) is 0 Å². The van der Waals surface area contributed by atoms with E-state index in [0.717, 1.165) is 6.07 Å². The van der Waals surface area contributed by atoms with Crippen LogP contribution in [-0.4, -0.2) is 25.5 Å². The van der Waals surface area contributed by atoms with Gasteiger partial charge in [-0.2, -0.15) is 4.39 Å². The highest BCUT2D eigenvalue weighted by molar-refractivity contribution is 5.66. The monoisotopic (exact) mass is 398 g/mol. The molecular formula is C21H22F4O3. The van der Waals surface area contributed by atoms with Gasteiger partial charge in [0.05, 0.1) is 19.8 Å². The lowest BCUT2D eigenvalue weighted by Gasteiger charge is -2.34. The number of halogens is 4. The van der Waals surface area contributed by atoms with Crippen molar-refractivity contribution < 1.29 is 31.8 Å². The van der Waals surface area contributed by atoms with Gasteiger partial charge in [0.25, 0.3) is 0 Å². The molecule has 2 aromatic carbocycles. The van der Waals surface area contributed by atoms with Gasteiger partial charge in [0.15, 0.2) is 23.5 Å². The summed E-state index contributed by atoms with van der Waals surface area (Å²) >= 11 is 0. The predicted octanol–water partition coefficient (Wildman–Crippen LogP) is 5.72. The maximum atomic E-state index is 14.6. The molecular weight excluding hydrogens is 376 g/mol. The zero-order valence-corrected chi connectivity index (χ0v) is 15.7. The quantitative estimate of drug-likeness (QED) is 0.582. The first-order valence-electron chi connectivity index (χ1n) is 9.21. The number of ether oxygens (including phenoxy) is 3.